The number of nitrogens with one attached hydrogen (secondary N) is 2. The number of carboxylic acids is 3. The number of nitriles is 1. The number of anilines is 2. The van der Waals surface area contributed by atoms with Crippen LogP contribution in [0.25, 0.3) is 11.1 Å². The highest BCUT2D eigenvalue weighted by molar-refractivity contribution is 5.73. The van der Waals surface area contributed by atoms with E-state index in [1.807, 2.05) is 36.4 Å². The first-order valence-corrected chi connectivity index (χ1v) is 17.1. The average molecular weight is 860 g/mol. The fourth-order valence-electron chi connectivity index (χ4n) is 5.61. The molecule has 23 heteroatoms. The van der Waals surface area contributed by atoms with Gasteiger partial charge in [-0.3, -0.25) is 0 Å². The SMILES string of the molecule is N#Cc1ccc(N2CCC[C@H](N[C@@H]3CCCC[C@H]3Nc3cc(-c4ccc(OC(F)F)cc4)ccn3)C2)cc1.O=C(O)C(F)(F)F.O=C(O)C(F)(F)F.O=C(O)C(F)(F)F. The predicted octanol–water partition coefficient (Wildman–Crippen LogP) is 8.10. The molecule has 324 valence electrons. The Bertz CT molecular complexity index is 1780. The maximum atomic E-state index is 12.5. The second-order valence-corrected chi connectivity index (χ2v) is 12.5. The maximum absolute atomic E-state index is 12.5. The number of pyridine rings is 1. The lowest BCUT2D eigenvalue weighted by Gasteiger charge is -2.40. The number of aliphatic carboxylic acids is 3. The van der Waals surface area contributed by atoms with Crippen molar-refractivity contribution in [3.05, 3.63) is 72.4 Å². The van der Waals surface area contributed by atoms with Crippen LogP contribution in [0.4, 0.5) is 59.8 Å². The van der Waals surface area contributed by atoms with Gasteiger partial charge in [0.1, 0.15) is 11.6 Å². The number of hydrogen-bond donors (Lipinski definition) is 5. The number of carbonyl (C=O) groups is 3. The Balaban J connectivity index is 0.000000469. The van der Waals surface area contributed by atoms with Gasteiger partial charge in [0.25, 0.3) is 0 Å². The van der Waals surface area contributed by atoms with E-state index in [4.69, 9.17) is 35.0 Å². The van der Waals surface area contributed by atoms with Crippen LogP contribution < -0.4 is 20.3 Å². The zero-order valence-corrected chi connectivity index (χ0v) is 30.3. The third-order valence-corrected chi connectivity index (χ3v) is 8.23. The van der Waals surface area contributed by atoms with Gasteiger partial charge in [0.2, 0.25) is 0 Å². The summed E-state index contributed by atoms with van der Waals surface area (Å²) < 4.78 is 125. The number of nitrogens with zero attached hydrogens (tertiary/aromatic N) is 3. The van der Waals surface area contributed by atoms with Crippen molar-refractivity contribution in [1.29, 1.82) is 5.26 Å². The molecule has 1 saturated heterocycles. The Morgan fingerprint density at radius 2 is 1.25 bits per heavy atom. The Morgan fingerprint density at radius 3 is 1.73 bits per heavy atom. The molecule has 2 fully saturated rings. The number of halogens is 11. The Morgan fingerprint density at radius 1 is 0.746 bits per heavy atom. The van der Waals surface area contributed by atoms with Gasteiger partial charge in [-0.2, -0.15) is 53.6 Å². The van der Waals surface area contributed by atoms with Gasteiger partial charge in [0.15, 0.2) is 0 Å². The van der Waals surface area contributed by atoms with Gasteiger partial charge in [-0.25, -0.2) is 19.4 Å². The summed E-state index contributed by atoms with van der Waals surface area (Å²) in [6, 6.07) is 21.7. The van der Waals surface area contributed by atoms with Gasteiger partial charge < -0.3 is 35.6 Å². The quantitative estimate of drug-likeness (QED) is 0.137. The summed E-state index contributed by atoms with van der Waals surface area (Å²) in [5.41, 5.74) is 3.74. The van der Waals surface area contributed by atoms with Crippen molar-refractivity contribution in [2.45, 2.75) is 81.8 Å². The molecular formula is C36H36F11N5O7. The Kier molecular flexibility index (Phi) is 18.6. The minimum atomic E-state index is -5.08. The van der Waals surface area contributed by atoms with Crippen molar-refractivity contribution in [2.24, 2.45) is 0 Å². The summed E-state index contributed by atoms with van der Waals surface area (Å²) in [6.45, 7) is -0.849. The molecule has 5 N–H and O–H groups in total. The molecular weight excluding hydrogens is 823 g/mol. The zero-order valence-electron chi connectivity index (χ0n) is 30.3. The molecule has 1 saturated carbocycles. The second kappa shape index (κ2) is 22.3. The van der Waals surface area contributed by atoms with Gasteiger partial charge in [0, 0.05) is 43.1 Å². The number of rotatable bonds is 8. The molecule has 0 bridgehead atoms. The predicted molar refractivity (Wildman–Crippen MR) is 187 cm³/mol. The molecule has 0 amide bonds. The van der Waals surface area contributed by atoms with E-state index in [0.717, 1.165) is 55.7 Å². The highest BCUT2D eigenvalue weighted by atomic mass is 19.4. The molecule has 1 aliphatic heterocycles. The molecule has 0 unspecified atom stereocenters. The molecule has 59 heavy (non-hydrogen) atoms. The lowest BCUT2D eigenvalue weighted by atomic mass is 9.89. The van der Waals surface area contributed by atoms with Crippen LogP contribution in [0.5, 0.6) is 5.75 Å². The van der Waals surface area contributed by atoms with E-state index in [2.05, 4.69) is 31.3 Å². The molecule has 1 aliphatic carbocycles. The number of benzene rings is 2. The van der Waals surface area contributed by atoms with Gasteiger partial charge in [-0.1, -0.05) is 25.0 Å². The second-order valence-electron chi connectivity index (χ2n) is 12.5. The van der Waals surface area contributed by atoms with Gasteiger partial charge in [0.05, 0.1) is 11.6 Å². The van der Waals surface area contributed by atoms with E-state index in [9.17, 15) is 48.3 Å². The standard InChI is InChI=1S/C30H33F2N5O.3C2HF3O2/c31-30(32)38-26-13-9-22(10-14-26)23-15-16-34-29(18-23)36-28-6-2-1-5-27(28)35-24-4-3-17-37(20-24)25-11-7-21(19-33)8-12-25;3*3-2(4,5)1(6)7/h7-16,18,24,27-28,30,35H,1-6,17,20H2,(H,34,36);3*(H,6,7)/t24-,27+,28+;;;/m0.../s1. The monoisotopic (exact) mass is 859 g/mol. The summed E-state index contributed by atoms with van der Waals surface area (Å²) >= 11 is 0. The molecule has 2 heterocycles. The van der Waals surface area contributed by atoms with E-state index in [1.54, 1.807) is 30.5 Å². The van der Waals surface area contributed by atoms with E-state index >= 15 is 0 Å². The maximum Gasteiger partial charge on any atom is 0.490 e. The molecule has 12 nitrogen and oxygen atoms in total. The number of carboxylic acid groups (broad SMARTS) is 3. The first-order chi connectivity index (χ1) is 27.4. The summed E-state index contributed by atoms with van der Waals surface area (Å²) in [7, 11) is 0. The molecule has 0 radical (unpaired) electrons. The minimum absolute atomic E-state index is 0.146. The van der Waals surface area contributed by atoms with Crippen LogP contribution in [-0.2, 0) is 14.4 Å². The van der Waals surface area contributed by atoms with Crippen LogP contribution in [-0.4, -0.2) is 94.6 Å². The van der Waals surface area contributed by atoms with Crippen molar-refractivity contribution >= 4 is 29.4 Å². The molecule has 3 aromatic rings. The summed E-state index contributed by atoms with van der Waals surface area (Å²) in [6.07, 6.45) is -6.59. The van der Waals surface area contributed by atoms with Crippen LogP contribution in [0.15, 0.2) is 66.9 Å². The lowest BCUT2D eigenvalue weighted by molar-refractivity contribution is -0.193. The van der Waals surface area contributed by atoms with Crippen molar-refractivity contribution in [2.75, 3.05) is 23.3 Å². The van der Waals surface area contributed by atoms with Crippen LogP contribution in [0.3, 0.4) is 0 Å². The highest BCUT2D eigenvalue weighted by Gasteiger charge is 2.39. The average Bonchev–Trinajstić information content (AvgIpc) is 3.15. The molecule has 2 aromatic carbocycles. The van der Waals surface area contributed by atoms with E-state index in [-0.39, 0.29) is 11.8 Å². The van der Waals surface area contributed by atoms with Crippen LogP contribution in [0.1, 0.15) is 44.1 Å². The number of ether oxygens (including phenoxy) is 1. The topological polar surface area (TPSA) is 185 Å². The van der Waals surface area contributed by atoms with Gasteiger partial charge >= 0.3 is 43.0 Å². The molecule has 5 rings (SSSR count). The smallest absolute Gasteiger partial charge is 0.475 e. The van der Waals surface area contributed by atoms with Crippen LogP contribution in [0.2, 0.25) is 0 Å². The Hall–Kier alpha value is -5.92. The molecule has 1 aromatic heterocycles. The molecule has 3 atom stereocenters. The molecule has 0 spiro atoms. The minimum Gasteiger partial charge on any atom is -0.475 e. The largest absolute Gasteiger partial charge is 0.490 e. The number of hydrogen-bond acceptors (Lipinski definition) is 9. The number of piperidine rings is 1. The zero-order chi connectivity index (χ0) is 44.6. The van der Waals surface area contributed by atoms with Crippen LogP contribution in [0, 0.1) is 11.3 Å². The van der Waals surface area contributed by atoms with Crippen molar-refractivity contribution < 1.29 is 82.7 Å². The normalized spacial score (nSPS) is 17.9. The third-order valence-electron chi connectivity index (χ3n) is 8.23. The summed E-state index contributed by atoms with van der Waals surface area (Å²) in [5.74, 6) is -7.31. The number of alkyl halides is 11. The lowest BCUT2D eigenvalue weighted by Crippen LogP contribution is -2.54. The molecule has 2 aliphatic rings. The van der Waals surface area contributed by atoms with Crippen molar-refractivity contribution in [3.8, 4) is 22.9 Å². The highest BCUT2D eigenvalue weighted by Crippen LogP contribution is 2.28. The van der Waals surface area contributed by atoms with Gasteiger partial charge in [-0.15, -0.1) is 0 Å². The third kappa shape index (κ3) is 18.0. The summed E-state index contributed by atoms with van der Waals surface area (Å²) in [5, 5.41) is 38.1. The fourth-order valence-corrected chi connectivity index (χ4v) is 5.61. The van der Waals surface area contributed by atoms with E-state index < -0.39 is 43.0 Å². The van der Waals surface area contributed by atoms with E-state index in [0.29, 0.717) is 17.6 Å². The Labute approximate surface area is 328 Å². The summed E-state index contributed by atoms with van der Waals surface area (Å²) in [4.78, 5) is 33.7. The van der Waals surface area contributed by atoms with E-state index in [1.165, 1.54) is 18.5 Å². The first-order valence-electron chi connectivity index (χ1n) is 17.1. The first kappa shape index (κ1) is 49.2. The number of aromatic nitrogens is 1. The van der Waals surface area contributed by atoms with Crippen LogP contribution >= 0.6 is 0 Å². The van der Waals surface area contributed by atoms with Crippen molar-refractivity contribution in [1.82, 2.24) is 10.3 Å². The van der Waals surface area contributed by atoms with Crippen molar-refractivity contribution in [3.63, 3.8) is 0 Å². The van der Waals surface area contributed by atoms with Gasteiger partial charge in [-0.05, 0) is 85.3 Å². The fraction of sp³-hybridized carbons (Fsp3) is 0.417.